The van der Waals surface area contributed by atoms with Crippen LogP contribution >= 0.6 is 0 Å². The summed E-state index contributed by atoms with van der Waals surface area (Å²) in [5.41, 5.74) is -0.604. The van der Waals surface area contributed by atoms with Crippen LogP contribution in [0.1, 0.15) is 12.8 Å². The highest BCUT2D eigenvalue weighted by Crippen LogP contribution is 2.63. The Hall–Kier alpha value is -0.180. The van der Waals surface area contributed by atoms with Crippen molar-refractivity contribution in [3.8, 4) is 0 Å². The maximum Gasteiger partial charge on any atom is 0.255 e. The standard InChI is InChI=1S/C6H9F2N/c7-6(8)3-5(6)1-2-9-4-5/h9H,1-4H2/t5-/m1/s1. The highest BCUT2D eigenvalue weighted by Gasteiger charge is 2.71. The van der Waals surface area contributed by atoms with E-state index in [0.717, 1.165) is 6.54 Å². The Balaban J connectivity index is 2.13. The zero-order valence-electron chi connectivity index (χ0n) is 5.08. The summed E-state index contributed by atoms with van der Waals surface area (Å²) in [6, 6.07) is 0. The maximum absolute atomic E-state index is 12.5. The van der Waals surface area contributed by atoms with E-state index in [1.54, 1.807) is 0 Å². The number of nitrogens with one attached hydrogen (secondary N) is 1. The lowest BCUT2D eigenvalue weighted by Crippen LogP contribution is -2.15. The average molecular weight is 133 g/mol. The molecule has 2 rings (SSSR count). The van der Waals surface area contributed by atoms with Gasteiger partial charge in [-0.3, -0.25) is 0 Å². The quantitative estimate of drug-likeness (QED) is 0.520. The van der Waals surface area contributed by atoms with Gasteiger partial charge >= 0.3 is 0 Å². The molecule has 0 aromatic heterocycles. The van der Waals surface area contributed by atoms with Gasteiger partial charge in [0.1, 0.15) is 0 Å². The third-order valence-corrected chi connectivity index (χ3v) is 2.46. The van der Waals surface area contributed by atoms with Crippen molar-refractivity contribution in [1.29, 1.82) is 0 Å². The first-order chi connectivity index (χ1) is 4.16. The monoisotopic (exact) mass is 133 g/mol. The molecule has 0 aromatic carbocycles. The molecule has 0 radical (unpaired) electrons. The van der Waals surface area contributed by atoms with Gasteiger partial charge in [-0.15, -0.1) is 0 Å². The third kappa shape index (κ3) is 0.556. The second kappa shape index (κ2) is 1.29. The van der Waals surface area contributed by atoms with Gasteiger partial charge in [-0.05, 0) is 13.0 Å². The topological polar surface area (TPSA) is 12.0 Å². The summed E-state index contributed by atoms with van der Waals surface area (Å²) in [5.74, 6) is -2.34. The van der Waals surface area contributed by atoms with Crippen molar-refractivity contribution in [3.05, 3.63) is 0 Å². The van der Waals surface area contributed by atoms with Gasteiger partial charge in [-0.2, -0.15) is 0 Å². The predicted molar refractivity (Wildman–Crippen MR) is 29.5 cm³/mol. The van der Waals surface area contributed by atoms with Crippen molar-refractivity contribution in [1.82, 2.24) is 5.32 Å². The molecule has 2 aliphatic rings. The van der Waals surface area contributed by atoms with Crippen LogP contribution in [-0.4, -0.2) is 19.0 Å². The summed E-state index contributed by atoms with van der Waals surface area (Å²) in [5, 5.41) is 2.95. The first kappa shape index (κ1) is 5.59. The van der Waals surface area contributed by atoms with E-state index < -0.39 is 11.3 Å². The molecule has 1 saturated carbocycles. The molecular formula is C6H9F2N. The van der Waals surface area contributed by atoms with Crippen LogP contribution in [-0.2, 0) is 0 Å². The van der Waals surface area contributed by atoms with E-state index in [1.807, 2.05) is 0 Å². The first-order valence-electron chi connectivity index (χ1n) is 3.25. The molecule has 0 unspecified atom stereocenters. The molecule has 1 nitrogen and oxygen atoms in total. The molecule has 1 N–H and O–H groups in total. The minimum absolute atomic E-state index is 0.118. The lowest BCUT2D eigenvalue weighted by molar-refractivity contribution is 0.0705. The Kier molecular flexibility index (Phi) is 0.799. The molecule has 0 bridgehead atoms. The Morgan fingerprint density at radius 1 is 1.33 bits per heavy atom. The molecule has 1 aliphatic carbocycles. The largest absolute Gasteiger partial charge is 0.316 e. The fourth-order valence-corrected chi connectivity index (χ4v) is 1.59. The highest BCUT2D eigenvalue weighted by molar-refractivity contribution is 5.13. The highest BCUT2D eigenvalue weighted by atomic mass is 19.3. The summed E-state index contributed by atoms with van der Waals surface area (Å²) in [4.78, 5) is 0. The lowest BCUT2D eigenvalue weighted by atomic mass is 10.1. The van der Waals surface area contributed by atoms with Gasteiger partial charge in [0.2, 0.25) is 0 Å². The first-order valence-corrected chi connectivity index (χ1v) is 3.25. The van der Waals surface area contributed by atoms with Gasteiger partial charge in [0.05, 0.1) is 5.41 Å². The molecule has 52 valence electrons. The van der Waals surface area contributed by atoms with Crippen molar-refractivity contribution in [2.45, 2.75) is 18.8 Å². The van der Waals surface area contributed by atoms with E-state index >= 15 is 0 Å². The number of halogens is 2. The van der Waals surface area contributed by atoms with E-state index in [2.05, 4.69) is 5.32 Å². The Bertz CT molecular complexity index is 132. The van der Waals surface area contributed by atoms with E-state index in [9.17, 15) is 8.78 Å². The maximum atomic E-state index is 12.5. The molecule has 9 heavy (non-hydrogen) atoms. The minimum Gasteiger partial charge on any atom is -0.316 e. The molecule has 0 amide bonds. The zero-order chi connectivity index (χ0) is 6.54. The van der Waals surface area contributed by atoms with Crippen LogP contribution < -0.4 is 5.32 Å². The fourth-order valence-electron chi connectivity index (χ4n) is 1.59. The summed E-state index contributed by atoms with van der Waals surface area (Å²) < 4.78 is 24.9. The van der Waals surface area contributed by atoms with Gasteiger partial charge in [-0.25, -0.2) is 8.78 Å². The van der Waals surface area contributed by atoms with Crippen LogP contribution in [0.2, 0.25) is 0 Å². The number of alkyl halides is 2. The van der Waals surface area contributed by atoms with E-state index in [0.29, 0.717) is 13.0 Å². The number of hydrogen-bond donors (Lipinski definition) is 1. The molecule has 2 fully saturated rings. The third-order valence-electron chi connectivity index (χ3n) is 2.46. The summed E-state index contributed by atoms with van der Waals surface area (Å²) >= 11 is 0. The second-order valence-electron chi connectivity index (χ2n) is 3.09. The molecular weight excluding hydrogens is 124 g/mol. The van der Waals surface area contributed by atoms with Crippen LogP contribution in [0, 0.1) is 5.41 Å². The van der Waals surface area contributed by atoms with Gasteiger partial charge in [0, 0.05) is 13.0 Å². The smallest absolute Gasteiger partial charge is 0.255 e. The van der Waals surface area contributed by atoms with Crippen molar-refractivity contribution in [2.75, 3.05) is 13.1 Å². The van der Waals surface area contributed by atoms with Crippen LogP contribution in [0.15, 0.2) is 0 Å². The van der Waals surface area contributed by atoms with Gasteiger partial charge < -0.3 is 5.32 Å². The molecule has 1 saturated heterocycles. The minimum atomic E-state index is -2.34. The zero-order valence-corrected chi connectivity index (χ0v) is 5.08. The Labute approximate surface area is 52.4 Å². The molecule has 1 atom stereocenters. The normalized spacial score (nSPS) is 46.0. The predicted octanol–water partition coefficient (Wildman–Crippen LogP) is 1.01. The molecule has 1 spiro atoms. The number of rotatable bonds is 0. The SMILES string of the molecule is FC1(F)C[C@@]12CCNC2. The van der Waals surface area contributed by atoms with Gasteiger partial charge in [-0.1, -0.05) is 0 Å². The molecule has 1 aliphatic heterocycles. The summed E-state index contributed by atoms with van der Waals surface area (Å²) in [6.07, 6.45) is 0.785. The van der Waals surface area contributed by atoms with Gasteiger partial charge in [0.15, 0.2) is 0 Å². The summed E-state index contributed by atoms with van der Waals surface area (Å²) in [7, 11) is 0. The molecule has 3 heteroatoms. The van der Waals surface area contributed by atoms with E-state index in [4.69, 9.17) is 0 Å². The van der Waals surface area contributed by atoms with Gasteiger partial charge in [0.25, 0.3) is 5.92 Å². The summed E-state index contributed by atoms with van der Waals surface area (Å²) in [6.45, 7) is 1.30. The van der Waals surface area contributed by atoms with Crippen molar-refractivity contribution >= 4 is 0 Å². The molecule has 0 aromatic rings. The van der Waals surface area contributed by atoms with Crippen molar-refractivity contribution in [3.63, 3.8) is 0 Å². The van der Waals surface area contributed by atoms with Crippen molar-refractivity contribution in [2.24, 2.45) is 5.41 Å². The van der Waals surface area contributed by atoms with Crippen LogP contribution in [0.3, 0.4) is 0 Å². The van der Waals surface area contributed by atoms with E-state index in [-0.39, 0.29) is 6.42 Å². The second-order valence-corrected chi connectivity index (χ2v) is 3.09. The van der Waals surface area contributed by atoms with Crippen LogP contribution in [0.25, 0.3) is 0 Å². The van der Waals surface area contributed by atoms with Crippen LogP contribution in [0.4, 0.5) is 8.78 Å². The lowest BCUT2D eigenvalue weighted by Gasteiger charge is -2.02. The fraction of sp³-hybridized carbons (Fsp3) is 1.00. The van der Waals surface area contributed by atoms with Crippen molar-refractivity contribution < 1.29 is 8.78 Å². The average Bonchev–Trinajstić information content (AvgIpc) is 2.27. The molecule has 1 heterocycles. The number of hydrogen-bond acceptors (Lipinski definition) is 1. The van der Waals surface area contributed by atoms with E-state index in [1.165, 1.54) is 0 Å². The Morgan fingerprint density at radius 3 is 2.22 bits per heavy atom. The Morgan fingerprint density at radius 2 is 2.00 bits per heavy atom. The van der Waals surface area contributed by atoms with Crippen LogP contribution in [0.5, 0.6) is 0 Å².